The van der Waals surface area contributed by atoms with Crippen molar-refractivity contribution in [1.82, 2.24) is 9.55 Å². The summed E-state index contributed by atoms with van der Waals surface area (Å²) < 4.78 is 8.49. The van der Waals surface area contributed by atoms with Gasteiger partial charge in [0.05, 0.1) is 11.0 Å². The van der Waals surface area contributed by atoms with Crippen molar-refractivity contribution in [1.29, 1.82) is 0 Å². The lowest BCUT2D eigenvalue weighted by Gasteiger charge is -2.08. The van der Waals surface area contributed by atoms with E-state index >= 15 is 0 Å². The fourth-order valence-corrected chi connectivity index (χ4v) is 5.79. The van der Waals surface area contributed by atoms with Gasteiger partial charge in [0.2, 0.25) is 5.89 Å². The van der Waals surface area contributed by atoms with Crippen molar-refractivity contribution in [2.75, 3.05) is 0 Å². The first-order valence-corrected chi connectivity index (χ1v) is 13.9. The van der Waals surface area contributed by atoms with Gasteiger partial charge in [-0.25, -0.2) is 4.98 Å². The molecule has 0 aliphatic heterocycles. The Bertz CT molecular complexity index is 2180. The summed E-state index contributed by atoms with van der Waals surface area (Å²) in [5.41, 5.74) is 12.1. The third kappa shape index (κ3) is 4.02. The lowest BCUT2D eigenvalue weighted by molar-refractivity contribution is 0.620. The van der Waals surface area contributed by atoms with Gasteiger partial charge in [0.1, 0.15) is 5.52 Å². The smallest absolute Gasteiger partial charge is 0.227 e. The van der Waals surface area contributed by atoms with Gasteiger partial charge in [-0.2, -0.15) is 0 Å². The molecule has 8 aromatic rings. The SMILES string of the molecule is Cc1ccc(-c2ccc3oc(-c4ccc(-c5ccc6c(c5)c5ccccc5n6-c5ccccc5)cc4)nc3c2)cc1. The van der Waals surface area contributed by atoms with Crippen LogP contribution in [0.5, 0.6) is 0 Å². The highest BCUT2D eigenvalue weighted by molar-refractivity contribution is 6.10. The van der Waals surface area contributed by atoms with Crippen LogP contribution in [0, 0.1) is 6.92 Å². The molecule has 0 aliphatic carbocycles. The molecule has 0 radical (unpaired) electrons. The lowest BCUT2D eigenvalue weighted by atomic mass is 10.0. The van der Waals surface area contributed by atoms with Gasteiger partial charge in [-0.1, -0.05) is 90.5 Å². The molecule has 0 spiro atoms. The zero-order valence-electron chi connectivity index (χ0n) is 22.6. The number of hydrogen-bond donors (Lipinski definition) is 0. The number of aryl methyl sites for hydroxylation is 1. The highest BCUT2D eigenvalue weighted by atomic mass is 16.3. The van der Waals surface area contributed by atoms with Crippen LogP contribution >= 0.6 is 0 Å². The van der Waals surface area contributed by atoms with Gasteiger partial charge in [-0.15, -0.1) is 0 Å². The second kappa shape index (κ2) is 9.35. The second-order valence-corrected chi connectivity index (χ2v) is 10.6. The Balaban J connectivity index is 1.15. The Morgan fingerprint density at radius 2 is 1.12 bits per heavy atom. The van der Waals surface area contributed by atoms with E-state index in [-0.39, 0.29) is 0 Å². The van der Waals surface area contributed by atoms with Gasteiger partial charge in [-0.05, 0) is 83.8 Å². The van der Waals surface area contributed by atoms with Crippen LogP contribution in [-0.4, -0.2) is 9.55 Å². The number of fused-ring (bicyclic) bond motifs is 4. The molecule has 3 nitrogen and oxygen atoms in total. The average Bonchev–Trinajstić information content (AvgIpc) is 3.61. The van der Waals surface area contributed by atoms with E-state index < -0.39 is 0 Å². The summed E-state index contributed by atoms with van der Waals surface area (Å²) in [5, 5.41) is 2.50. The second-order valence-electron chi connectivity index (χ2n) is 10.6. The van der Waals surface area contributed by atoms with Crippen LogP contribution in [0.4, 0.5) is 0 Å². The van der Waals surface area contributed by atoms with E-state index in [1.54, 1.807) is 0 Å². The molecule has 0 fully saturated rings. The van der Waals surface area contributed by atoms with Crippen LogP contribution in [0.2, 0.25) is 0 Å². The third-order valence-corrected chi connectivity index (χ3v) is 7.92. The summed E-state index contributed by atoms with van der Waals surface area (Å²) in [4.78, 5) is 4.83. The summed E-state index contributed by atoms with van der Waals surface area (Å²) in [5.74, 6) is 0.633. The first-order chi connectivity index (χ1) is 20.2. The van der Waals surface area contributed by atoms with Crippen LogP contribution in [0.15, 0.2) is 144 Å². The molecule has 0 unspecified atom stereocenters. The molecule has 0 atom stereocenters. The molecule has 0 N–H and O–H groups in total. The number of oxazole rings is 1. The Labute approximate surface area is 238 Å². The number of benzene rings is 6. The first kappa shape index (κ1) is 23.5. The Hall–Kier alpha value is -5.41. The van der Waals surface area contributed by atoms with Crippen molar-refractivity contribution in [3.63, 3.8) is 0 Å². The monoisotopic (exact) mass is 526 g/mol. The maximum Gasteiger partial charge on any atom is 0.227 e. The Morgan fingerprint density at radius 1 is 0.512 bits per heavy atom. The molecule has 2 heterocycles. The molecular weight excluding hydrogens is 500 g/mol. The zero-order valence-corrected chi connectivity index (χ0v) is 22.6. The van der Waals surface area contributed by atoms with E-state index in [4.69, 9.17) is 9.40 Å². The first-order valence-electron chi connectivity index (χ1n) is 13.9. The fraction of sp³-hybridized carbons (Fsp3) is 0.0263. The quantitative estimate of drug-likeness (QED) is 0.228. The fourth-order valence-electron chi connectivity index (χ4n) is 5.79. The predicted molar refractivity (Wildman–Crippen MR) is 169 cm³/mol. The molecular formula is C38H26N2O. The molecule has 194 valence electrons. The van der Waals surface area contributed by atoms with Crippen LogP contribution in [0.1, 0.15) is 5.56 Å². The summed E-state index contributed by atoms with van der Waals surface area (Å²) in [6.45, 7) is 2.10. The van der Waals surface area contributed by atoms with E-state index in [0.717, 1.165) is 27.8 Å². The Morgan fingerprint density at radius 3 is 1.93 bits per heavy atom. The van der Waals surface area contributed by atoms with Crippen molar-refractivity contribution in [2.24, 2.45) is 0 Å². The minimum absolute atomic E-state index is 0.633. The van der Waals surface area contributed by atoms with Gasteiger partial charge in [-0.3, -0.25) is 0 Å². The number of para-hydroxylation sites is 2. The molecule has 41 heavy (non-hydrogen) atoms. The highest BCUT2D eigenvalue weighted by Gasteiger charge is 2.14. The van der Waals surface area contributed by atoms with Gasteiger partial charge in [0, 0.05) is 22.0 Å². The number of rotatable bonds is 4. The predicted octanol–water partition coefficient (Wildman–Crippen LogP) is 10.2. The minimum Gasteiger partial charge on any atom is -0.436 e. The van der Waals surface area contributed by atoms with Crippen molar-refractivity contribution >= 4 is 32.9 Å². The number of aromatic nitrogens is 2. The highest BCUT2D eigenvalue weighted by Crippen LogP contribution is 2.36. The van der Waals surface area contributed by atoms with Gasteiger partial charge < -0.3 is 8.98 Å². The van der Waals surface area contributed by atoms with Crippen molar-refractivity contribution < 1.29 is 4.42 Å². The number of nitrogens with zero attached hydrogens (tertiary/aromatic N) is 2. The van der Waals surface area contributed by atoms with E-state index in [1.807, 2.05) is 6.07 Å². The van der Waals surface area contributed by atoms with E-state index in [1.165, 1.54) is 44.2 Å². The normalized spacial score (nSPS) is 11.5. The van der Waals surface area contributed by atoms with Crippen molar-refractivity contribution in [3.8, 4) is 39.4 Å². The Kier molecular flexibility index (Phi) is 5.36. The molecule has 6 aromatic carbocycles. The van der Waals surface area contributed by atoms with Crippen LogP contribution in [0.3, 0.4) is 0 Å². The molecule has 0 amide bonds. The standard InChI is InChI=1S/C38H26N2O/c1-25-11-13-26(14-12-25)30-20-22-37-34(24-30)39-38(41-37)28-17-15-27(16-18-28)29-19-21-36-33(23-29)32-9-5-6-10-35(32)40(36)31-7-3-2-4-8-31/h2-24H,1H3. The topological polar surface area (TPSA) is 31.0 Å². The molecule has 8 rings (SSSR count). The zero-order chi connectivity index (χ0) is 27.3. The molecule has 0 aliphatic rings. The molecule has 2 aromatic heterocycles. The maximum absolute atomic E-state index is 6.15. The van der Waals surface area contributed by atoms with Crippen LogP contribution < -0.4 is 0 Å². The van der Waals surface area contributed by atoms with Crippen molar-refractivity contribution in [2.45, 2.75) is 6.92 Å². The van der Waals surface area contributed by atoms with Gasteiger partial charge >= 0.3 is 0 Å². The summed E-state index contributed by atoms with van der Waals surface area (Å²) in [6.07, 6.45) is 0. The van der Waals surface area contributed by atoms with Crippen molar-refractivity contribution in [3.05, 3.63) is 145 Å². The van der Waals surface area contributed by atoms with E-state index in [0.29, 0.717) is 5.89 Å². The van der Waals surface area contributed by atoms with Gasteiger partial charge in [0.25, 0.3) is 0 Å². The minimum atomic E-state index is 0.633. The summed E-state index contributed by atoms with van der Waals surface area (Å²) in [6, 6.07) is 49.2. The largest absolute Gasteiger partial charge is 0.436 e. The maximum atomic E-state index is 6.15. The third-order valence-electron chi connectivity index (χ3n) is 7.92. The molecule has 0 saturated heterocycles. The molecule has 3 heteroatoms. The van der Waals surface area contributed by atoms with Crippen LogP contribution in [-0.2, 0) is 0 Å². The van der Waals surface area contributed by atoms with E-state index in [9.17, 15) is 0 Å². The van der Waals surface area contributed by atoms with E-state index in [2.05, 4.69) is 145 Å². The lowest BCUT2D eigenvalue weighted by Crippen LogP contribution is -1.92. The summed E-state index contributed by atoms with van der Waals surface area (Å²) >= 11 is 0. The summed E-state index contributed by atoms with van der Waals surface area (Å²) in [7, 11) is 0. The average molecular weight is 527 g/mol. The molecule has 0 saturated carbocycles. The van der Waals surface area contributed by atoms with Crippen LogP contribution in [0.25, 0.3) is 72.3 Å². The molecule has 0 bridgehead atoms. The number of hydrogen-bond acceptors (Lipinski definition) is 2. The van der Waals surface area contributed by atoms with Gasteiger partial charge in [0.15, 0.2) is 5.58 Å².